The molecule has 0 saturated carbocycles. The van der Waals surface area contributed by atoms with Gasteiger partial charge in [-0.25, -0.2) is 0 Å². The van der Waals surface area contributed by atoms with Crippen molar-refractivity contribution >= 4 is 0 Å². The standard InChI is InChI=1S/C15H25N3/c1-16-11-15(13-7-5-4-6-8-13)18-10-9-14(12-18)17(2)3/h4-8,14-16H,9-12H2,1-3H3. The van der Waals surface area contributed by atoms with Gasteiger partial charge in [0.2, 0.25) is 0 Å². The van der Waals surface area contributed by atoms with Crippen LogP contribution >= 0.6 is 0 Å². The first-order valence-corrected chi connectivity index (χ1v) is 6.82. The molecule has 0 amide bonds. The molecule has 3 heteroatoms. The van der Waals surface area contributed by atoms with E-state index >= 15 is 0 Å². The summed E-state index contributed by atoms with van der Waals surface area (Å²) in [5.74, 6) is 0. The number of rotatable bonds is 5. The van der Waals surface area contributed by atoms with Gasteiger partial charge in [0.05, 0.1) is 0 Å². The third-order valence-corrected chi connectivity index (χ3v) is 3.95. The molecule has 0 bridgehead atoms. The molecular weight excluding hydrogens is 222 g/mol. The highest BCUT2D eigenvalue weighted by Crippen LogP contribution is 2.25. The van der Waals surface area contributed by atoms with Crippen molar-refractivity contribution in [3.8, 4) is 0 Å². The van der Waals surface area contributed by atoms with Gasteiger partial charge in [-0.3, -0.25) is 4.90 Å². The topological polar surface area (TPSA) is 18.5 Å². The fourth-order valence-corrected chi connectivity index (χ4v) is 2.80. The van der Waals surface area contributed by atoms with Crippen LogP contribution in [0.2, 0.25) is 0 Å². The number of benzene rings is 1. The highest BCUT2D eigenvalue weighted by atomic mass is 15.3. The lowest BCUT2D eigenvalue weighted by atomic mass is 10.1. The summed E-state index contributed by atoms with van der Waals surface area (Å²) in [5.41, 5.74) is 1.42. The Labute approximate surface area is 111 Å². The Morgan fingerprint density at radius 3 is 2.61 bits per heavy atom. The van der Waals surface area contributed by atoms with E-state index in [0.29, 0.717) is 12.1 Å². The van der Waals surface area contributed by atoms with E-state index in [2.05, 4.69) is 59.5 Å². The maximum absolute atomic E-state index is 3.33. The van der Waals surface area contributed by atoms with Gasteiger partial charge in [0.1, 0.15) is 0 Å². The molecular formula is C15H25N3. The Morgan fingerprint density at radius 1 is 1.33 bits per heavy atom. The van der Waals surface area contributed by atoms with Crippen LogP contribution in [0.25, 0.3) is 0 Å². The molecule has 2 rings (SSSR count). The summed E-state index contributed by atoms with van der Waals surface area (Å²) in [4.78, 5) is 4.96. The monoisotopic (exact) mass is 247 g/mol. The van der Waals surface area contributed by atoms with Gasteiger partial charge >= 0.3 is 0 Å². The third kappa shape index (κ3) is 3.10. The van der Waals surface area contributed by atoms with Gasteiger partial charge in [-0.15, -0.1) is 0 Å². The predicted molar refractivity (Wildman–Crippen MR) is 76.8 cm³/mol. The lowest BCUT2D eigenvalue weighted by Gasteiger charge is -2.29. The van der Waals surface area contributed by atoms with E-state index in [4.69, 9.17) is 0 Å². The van der Waals surface area contributed by atoms with Crippen molar-refractivity contribution in [2.75, 3.05) is 40.8 Å². The SMILES string of the molecule is CNCC(c1ccccc1)N1CCC(N(C)C)C1. The van der Waals surface area contributed by atoms with Gasteiger partial charge < -0.3 is 10.2 Å². The minimum atomic E-state index is 0.501. The maximum atomic E-state index is 3.33. The van der Waals surface area contributed by atoms with Crippen LogP contribution in [0.15, 0.2) is 30.3 Å². The Morgan fingerprint density at radius 2 is 2.06 bits per heavy atom. The molecule has 1 N–H and O–H groups in total. The summed E-state index contributed by atoms with van der Waals surface area (Å²) in [6.07, 6.45) is 1.28. The molecule has 0 spiro atoms. The molecule has 18 heavy (non-hydrogen) atoms. The van der Waals surface area contributed by atoms with Gasteiger partial charge in [0, 0.05) is 31.7 Å². The molecule has 1 aliphatic rings. The van der Waals surface area contributed by atoms with E-state index < -0.39 is 0 Å². The second-order valence-corrected chi connectivity index (χ2v) is 5.39. The zero-order chi connectivity index (χ0) is 13.0. The Hall–Kier alpha value is -0.900. The zero-order valence-electron chi connectivity index (χ0n) is 11.8. The van der Waals surface area contributed by atoms with Crippen molar-refractivity contribution in [2.45, 2.75) is 18.5 Å². The largest absolute Gasteiger partial charge is 0.318 e. The molecule has 1 aliphatic heterocycles. The number of nitrogens with zero attached hydrogens (tertiary/aromatic N) is 2. The van der Waals surface area contributed by atoms with Gasteiger partial charge in [0.15, 0.2) is 0 Å². The van der Waals surface area contributed by atoms with Crippen molar-refractivity contribution in [1.29, 1.82) is 0 Å². The van der Waals surface area contributed by atoms with Crippen molar-refractivity contribution in [3.63, 3.8) is 0 Å². The fraction of sp³-hybridized carbons (Fsp3) is 0.600. The quantitative estimate of drug-likeness (QED) is 0.852. The summed E-state index contributed by atoms with van der Waals surface area (Å²) < 4.78 is 0. The van der Waals surface area contributed by atoms with Gasteiger partial charge in [0.25, 0.3) is 0 Å². The number of likely N-dealkylation sites (tertiary alicyclic amines) is 1. The number of nitrogens with one attached hydrogen (secondary N) is 1. The summed E-state index contributed by atoms with van der Waals surface area (Å²) in [6, 6.07) is 12.0. The first-order chi connectivity index (χ1) is 8.72. The second-order valence-electron chi connectivity index (χ2n) is 5.39. The Balaban J connectivity index is 2.07. The summed E-state index contributed by atoms with van der Waals surface area (Å²) in [7, 11) is 6.41. The lowest BCUT2D eigenvalue weighted by molar-refractivity contribution is 0.214. The maximum Gasteiger partial charge on any atom is 0.0473 e. The van der Waals surface area contributed by atoms with E-state index in [1.807, 2.05) is 7.05 Å². The average Bonchev–Trinajstić information content (AvgIpc) is 2.86. The molecule has 100 valence electrons. The Kier molecular flexibility index (Phi) is 4.75. The van der Waals surface area contributed by atoms with Crippen molar-refractivity contribution in [3.05, 3.63) is 35.9 Å². The molecule has 1 fully saturated rings. The van der Waals surface area contributed by atoms with Gasteiger partial charge in [-0.1, -0.05) is 30.3 Å². The molecule has 0 radical (unpaired) electrons. The predicted octanol–water partition coefficient (Wildman–Crippen LogP) is 1.58. The average molecular weight is 247 g/mol. The van der Waals surface area contributed by atoms with E-state index in [1.165, 1.54) is 25.1 Å². The minimum Gasteiger partial charge on any atom is -0.318 e. The molecule has 1 heterocycles. The highest BCUT2D eigenvalue weighted by Gasteiger charge is 2.29. The van der Waals surface area contributed by atoms with E-state index in [-0.39, 0.29) is 0 Å². The third-order valence-electron chi connectivity index (χ3n) is 3.95. The Bertz CT molecular complexity index is 350. The number of hydrogen-bond acceptors (Lipinski definition) is 3. The van der Waals surface area contributed by atoms with E-state index in [1.54, 1.807) is 0 Å². The van der Waals surface area contributed by atoms with Crippen molar-refractivity contribution < 1.29 is 0 Å². The lowest BCUT2D eigenvalue weighted by Crippen LogP contribution is -2.36. The molecule has 0 aliphatic carbocycles. The summed E-state index contributed by atoms with van der Waals surface area (Å²) in [6.45, 7) is 3.39. The summed E-state index contributed by atoms with van der Waals surface area (Å²) in [5, 5.41) is 3.33. The van der Waals surface area contributed by atoms with Gasteiger partial charge in [-0.2, -0.15) is 0 Å². The van der Waals surface area contributed by atoms with Crippen LogP contribution in [-0.4, -0.2) is 56.6 Å². The molecule has 2 unspecified atom stereocenters. The van der Waals surface area contributed by atoms with Crippen LogP contribution in [0, 0.1) is 0 Å². The molecule has 0 aromatic heterocycles. The number of hydrogen-bond donors (Lipinski definition) is 1. The van der Waals surface area contributed by atoms with Crippen molar-refractivity contribution in [1.82, 2.24) is 15.1 Å². The minimum absolute atomic E-state index is 0.501. The van der Waals surface area contributed by atoms with Crippen molar-refractivity contribution in [2.24, 2.45) is 0 Å². The van der Waals surface area contributed by atoms with E-state index in [9.17, 15) is 0 Å². The van der Waals surface area contributed by atoms with E-state index in [0.717, 1.165) is 6.54 Å². The van der Waals surface area contributed by atoms with Crippen LogP contribution < -0.4 is 5.32 Å². The fourth-order valence-electron chi connectivity index (χ4n) is 2.80. The molecule has 1 aromatic carbocycles. The molecule has 1 aromatic rings. The first kappa shape index (κ1) is 13.5. The van der Waals surface area contributed by atoms with Crippen LogP contribution in [0.4, 0.5) is 0 Å². The van der Waals surface area contributed by atoms with Gasteiger partial charge in [-0.05, 0) is 33.1 Å². The smallest absolute Gasteiger partial charge is 0.0473 e. The second kappa shape index (κ2) is 6.32. The van der Waals surface area contributed by atoms with Crippen LogP contribution in [0.3, 0.4) is 0 Å². The molecule has 3 nitrogen and oxygen atoms in total. The van der Waals surface area contributed by atoms with Crippen LogP contribution in [-0.2, 0) is 0 Å². The first-order valence-electron chi connectivity index (χ1n) is 6.82. The molecule has 2 atom stereocenters. The molecule has 1 saturated heterocycles. The highest BCUT2D eigenvalue weighted by molar-refractivity contribution is 5.20. The normalized spacial score (nSPS) is 22.6. The van der Waals surface area contributed by atoms with Crippen LogP contribution in [0.1, 0.15) is 18.0 Å². The zero-order valence-corrected chi connectivity index (χ0v) is 11.8. The van der Waals surface area contributed by atoms with Crippen LogP contribution in [0.5, 0.6) is 0 Å². The summed E-state index contributed by atoms with van der Waals surface area (Å²) >= 11 is 0. The number of likely N-dealkylation sites (N-methyl/N-ethyl adjacent to an activating group) is 2.